The van der Waals surface area contributed by atoms with E-state index in [2.05, 4.69) is 12.2 Å². The summed E-state index contributed by atoms with van der Waals surface area (Å²) < 4.78 is 5.38. The second-order valence-corrected chi connectivity index (χ2v) is 6.00. The fraction of sp³-hybridized carbons (Fsp3) is 1.00. The van der Waals surface area contributed by atoms with E-state index in [9.17, 15) is 0 Å². The zero-order valence-electron chi connectivity index (χ0n) is 11.6. The van der Waals surface area contributed by atoms with Gasteiger partial charge in [0.25, 0.3) is 0 Å². The van der Waals surface area contributed by atoms with Crippen molar-refractivity contribution in [2.24, 2.45) is 17.8 Å². The molecule has 0 radical (unpaired) electrons. The minimum absolute atomic E-state index is 0.591. The average Bonchev–Trinajstić information content (AvgIpc) is 2.38. The summed E-state index contributed by atoms with van der Waals surface area (Å²) in [5.41, 5.74) is 0. The predicted molar refractivity (Wildman–Crippen MR) is 72.1 cm³/mol. The lowest BCUT2D eigenvalue weighted by atomic mass is 9.66. The van der Waals surface area contributed by atoms with Crippen molar-refractivity contribution < 1.29 is 4.74 Å². The molecule has 4 unspecified atom stereocenters. The van der Waals surface area contributed by atoms with Gasteiger partial charge in [-0.2, -0.15) is 0 Å². The summed E-state index contributed by atoms with van der Waals surface area (Å²) in [5.74, 6) is 2.94. The maximum absolute atomic E-state index is 5.38. The molecule has 2 saturated carbocycles. The van der Waals surface area contributed by atoms with Gasteiger partial charge in [0.15, 0.2) is 0 Å². The number of nitrogens with one attached hydrogen (secondary N) is 1. The van der Waals surface area contributed by atoms with Gasteiger partial charge < -0.3 is 10.1 Å². The minimum Gasteiger partial charge on any atom is -0.383 e. The van der Waals surface area contributed by atoms with Crippen LogP contribution in [0.3, 0.4) is 0 Å². The predicted octanol–water partition coefficient (Wildman–Crippen LogP) is 3.22. The van der Waals surface area contributed by atoms with Crippen molar-refractivity contribution in [3.8, 4) is 0 Å². The van der Waals surface area contributed by atoms with Gasteiger partial charge in [-0.25, -0.2) is 0 Å². The second kappa shape index (κ2) is 6.75. The maximum atomic E-state index is 5.38. The molecule has 0 aromatic heterocycles. The molecular weight excluding hydrogens is 210 g/mol. The fourth-order valence-electron chi connectivity index (χ4n) is 4.08. The third-order valence-electron chi connectivity index (χ3n) is 4.96. The number of methoxy groups -OCH3 is 1. The van der Waals surface area contributed by atoms with Gasteiger partial charge in [-0.3, -0.25) is 0 Å². The van der Waals surface area contributed by atoms with Gasteiger partial charge in [-0.05, 0) is 43.6 Å². The molecule has 100 valence electrons. The van der Waals surface area contributed by atoms with Crippen LogP contribution in [0.5, 0.6) is 0 Å². The molecule has 17 heavy (non-hydrogen) atoms. The van der Waals surface area contributed by atoms with E-state index in [-0.39, 0.29) is 0 Å². The van der Waals surface area contributed by atoms with Crippen molar-refractivity contribution in [2.45, 2.75) is 57.9 Å². The van der Waals surface area contributed by atoms with Crippen LogP contribution >= 0.6 is 0 Å². The van der Waals surface area contributed by atoms with Gasteiger partial charge >= 0.3 is 0 Å². The van der Waals surface area contributed by atoms with Crippen LogP contribution in [0.25, 0.3) is 0 Å². The molecule has 0 aliphatic heterocycles. The zero-order chi connectivity index (χ0) is 12.1. The average molecular weight is 239 g/mol. The van der Waals surface area contributed by atoms with E-state index in [4.69, 9.17) is 4.74 Å². The van der Waals surface area contributed by atoms with Crippen LogP contribution in [0.15, 0.2) is 0 Å². The van der Waals surface area contributed by atoms with Crippen molar-refractivity contribution in [1.29, 1.82) is 0 Å². The van der Waals surface area contributed by atoms with Crippen molar-refractivity contribution in [3.05, 3.63) is 0 Å². The highest BCUT2D eigenvalue weighted by molar-refractivity contribution is 4.88. The van der Waals surface area contributed by atoms with Crippen molar-refractivity contribution in [2.75, 3.05) is 20.3 Å². The number of hydrogen-bond acceptors (Lipinski definition) is 2. The Kier molecular flexibility index (Phi) is 5.30. The van der Waals surface area contributed by atoms with Crippen LogP contribution in [0, 0.1) is 17.8 Å². The highest BCUT2D eigenvalue weighted by atomic mass is 16.5. The molecule has 4 atom stereocenters. The summed E-state index contributed by atoms with van der Waals surface area (Å²) in [6, 6.07) is 0.591. The zero-order valence-corrected chi connectivity index (χ0v) is 11.6. The number of likely N-dealkylation sites (N-methyl/N-ethyl adjacent to an activating group) is 1. The van der Waals surface area contributed by atoms with E-state index in [0.717, 1.165) is 30.9 Å². The van der Waals surface area contributed by atoms with E-state index in [0.29, 0.717) is 6.04 Å². The summed E-state index contributed by atoms with van der Waals surface area (Å²) >= 11 is 0. The number of rotatable bonds is 5. The maximum Gasteiger partial charge on any atom is 0.0618 e. The monoisotopic (exact) mass is 239 g/mol. The Morgan fingerprint density at radius 2 is 1.88 bits per heavy atom. The van der Waals surface area contributed by atoms with Crippen LogP contribution in [0.1, 0.15) is 51.9 Å². The largest absolute Gasteiger partial charge is 0.383 e. The lowest BCUT2D eigenvalue weighted by Gasteiger charge is -2.42. The molecule has 0 bridgehead atoms. The lowest BCUT2D eigenvalue weighted by Crippen LogP contribution is -2.43. The summed E-state index contributed by atoms with van der Waals surface area (Å²) in [7, 11) is 1.83. The third kappa shape index (κ3) is 3.45. The van der Waals surface area contributed by atoms with Crippen LogP contribution in [0.2, 0.25) is 0 Å². The van der Waals surface area contributed by atoms with Gasteiger partial charge in [0.2, 0.25) is 0 Å². The van der Waals surface area contributed by atoms with Crippen LogP contribution in [-0.4, -0.2) is 26.3 Å². The molecule has 2 nitrogen and oxygen atoms in total. The molecule has 0 amide bonds. The first-order valence-electron chi connectivity index (χ1n) is 7.57. The molecule has 0 heterocycles. The summed E-state index contributed by atoms with van der Waals surface area (Å²) in [4.78, 5) is 0. The molecule has 2 fully saturated rings. The number of fused-ring (bicyclic) bond motifs is 1. The standard InChI is InChI=1S/C15H29NO/c1-3-16-15(11-17-2)14-9-8-12-6-4-5-7-13(12)10-14/h12-16H,3-11H2,1-2H3. The Balaban J connectivity index is 1.88. The SMILES string of the molecule is CCNC(COC)C1CCC2CCCCC2C1. The van der Waals surface area contributed by atoms with Crippen molar-refractivity contribution in [3.63, 3.8) is 0 Å². The van der Waals surface area contributed by atoms with Gasteiger partial charge in [-0.15, -0.1) is 0 Å². The van der Waals surface area contributed by atoms with E-state index >= 15 is 0 Å². The highest BCUT2D eigenvalue weighted by Crippen LogP contribution is 2.43. The molecule has 2 heteroatoms. The highest BCUT2D eigenvalue weighted by Gasteiger charge is 2.34. The second-order valence-electron chi connectivity index (χ2n) is 6.00. The smallest absolute Gasteiger partial charge is 0.0618 e. The molecule has 2 aliphatic rings. The normalized spacial score (nSPS) is 35.3. The summed E-state index contributed by atoms with van der Waals surface area (Å²) in [6.45, 7) is 4.16. The molecule has 0 aromatic carbocycles. The van der Waals surface area contributed by atoms with E-state index < -0.39 is 0 Å². The number of ether oxygens (including phenoxy) is 1. The van der Waals surface area contributed by atoms with Crippen LogP contribution < -0.4 is 5.32 Å². The quantitative estimate of drug-likeness (QED) is 0.795. The third-order valence-corrected chi connectivity index (χ3v) is 4.96. The molecule has 0 saturated heterocycles. The summed E-state index contributed by atoms with van der Waals surface area (Å²) in [5, 5.41) is 3.62. The summed E-state index contributed by atoms with van der Waals surface area (Å²) in [6.07, 6.45) is 10.3. The van der Waals surface area contributed by atoms with E-state index in [1.807, 2.05) is 7.11 Å². The first-order valence-corrected chi connectivity index (χ1v) is 7.57. The van der Waals surface area contributed by atoms with Gasteiger partial charge in [0.05, 0.1) is 6.61 Å². The van der Waals surface area contributed by atoms with Gasteiger partial charge in [0.1, 0.15) is 0 Å². The lowest BCUT2D eigenvalue weighted by molar-refractivity contribution is 0.0754. The molecule has 0 aromatic rings. The Morgan fingerprint density at radius 3 is 2.59 bits per heavy atom. The van der Waals surface area contributed by atoms with Crippen molar-refractivity contribution in [1.82, 2.24) is 5.32 Å². The topological polar surface area (TPSA) is 21.3 Å². The molecular formula is C15H29NO. The van der Waals surface area contributed by atoms with Crippen molar-refractivity contribution >= 4 is 0 Å². The first kappa shape index (κ1) is 13.4. The van der Waals surface area contributed by atoms with E-state index in [1.165, 1.54) is 44.9 Å². The Bertz CT molecular complexity index is 213. The Morgan fingerprint density at radius 1 is 1.12 bits per heavy atom. The van der Waals surface area contributed by atoms with Crippen LogP contribution in [-0.2, 0) is 4.74 Å². The van der Waals surface area contributed by atoms with Gasteiger partial charge in [0, 0.05) is 13.2 Å². The number of hydrogen-bond donors (Lipinski definition) is 1. The Hall–Kier alpha value is -0.0800. The fourth-order valence-corrected chi connectivity index (χ4v) is 4.08. The van der Waals surface area contributed by atoms with Crippen LogP contribution in [0.4, 0.5) is 0 Å². The minimum atomic E-state index is 0.591. The van der Waals surface area contributed by atoms with E-state index in [1.54, 1.807) is 0 Å². The first-order chi connectivity index (χ1) is 8.35. The molecule has 0 spiro atoms. The Labute approximate surface area is 107 Å². The molecule has 1 N–H and O–H groups in total. The molecule has 2 aliphatic carbocycles. The molecule has 2 rings (SSSR count). The van der Waals surface area contributed by atoms with Gasteiger partial charge in [-0.1, -0.05) is 32.6 Å².